The van der Waals surface area contributed by atoms with Gasteiger partial charge in [-0.2, -0.15) is 0 Å². The second-order valence-corrected chi connectivity index (χ2v) is 3.57. The summed E-state index contributed by atoms with van der Waals surface area (Å²) in [6, 6.07) is 7.09. The Hall–Kier alpha value is -2.08. The third-order valence-corrected chi connectivity index (χ3v) is 2.19. The number of para-hydroxylation sites is 2. The number of carbonyl (C=O) groups is 2. The molecule has 0 heterocycles. The number of benzene rings is 1. The molecule has 0 aliphatic rings. The van der Waals surface area contributed by atoms with Crippen molar-refractivity contribution in [3.05, 3.63) is 24.3 Å². The van der Waals surface area contributed by atoms with E-state index < -0.39 is 5.97 Å². The molecule has 1 aromatic rings. The SMILES string of the molecule is COc1ccccc1NC(=O)CCNCC(=O)O. The van der Waals surface area contributed by atoms with Crippen molar-refractivity contribution in [3.8, 4) is 5.75 Å². The lowest BCUT2D eigenvalue weighted by atomic mass is 10.3. The van der Waals surface area contributed by atoms with Crippen LogP contribution in [0.2, 0.25) is 0 Å². The smallest absolute Gasteiger partial charge is 0.317 e. The molecule has 0 aliphatic carbocycles. The van der Waals surface area contributed by atoms with Crippen molar-refractivity contribution in [2.75, 3.05) is 25.5 Å². The van der Waals surface area contributed by atoms with Crippen LogP contribution in [0.3, 0.4) is 0 Å². The maximum atomic E-state index is 11.6. The fourth-order valence-corrected chi connectivity index (χ4v) is 1.36. The molecule has 1 rings (SSSR count). The Morgan fingerprint density at radius 1 is 1.33 bits per heavy atom. The third-order valence-electron chi connectivity index (χ3n) is 2.19. The maximum absolute atomic E-state index is 11.6. The van der Waals surface area contributed by atoms with Gasteiger partial charge in [-0.05, 0) is 12.1 Å². The minimum absolute atomic E-state index is 0.151. The van der Waals surface area contributed by atoms with Gasteiger partial charge in [-0.3, -0.25) is 9.59 Å². The first kappa shape index (κ1) is 14.0. The van der Waals surface area contributed by atoms with E-state index in [4.69, 9.17) is 9.84 Å². The van der Waals surface area contributed by atoms with E-state index in [1.165, 1.54) is 7.11 Å². The van der Waals surface area contributed by atoms with E-state index in [1.807, 2.05) is 6.07 Å². The zero-order chi connectivity index (χ0) is 13.4. The van der Waals surface area contributed by atoms with Crippen LogP contribution >= 0.6 is 0 Å². The van der Waals surface area contributed by atoms with Crippen LogP contribution in [0.5, 0.6) is 5.75 Å². The number of hydrogen-bond acceptors (Lipinski definition) is 4. The number of hydrogen-bond donors (Lipinski definition) is 3. The van der Waals surface area contributed by atoms with Gasteiger partial charge in [0.1, 0.15) is 5.75 Å². The molecule has 0 aromatic heterocycles. The van der Waals surface area contributed by atoms with Crippen molar-refractivity contribution in [3.63, 3.8) is 0 Å². The van der Waals surface area contributed by atoms with Gasteiger partial charge < -0.3 is 20.5 Å². The number of ether oxygens (including phenoxy) is 1. The van der Waals surface area contributed by atoms with Crippen LogP contribution in [0, 0.1) is 0 Å². The van der Waals surface area contributed by atoms with Crippen LogP contribution in [0.1, 0.15) is 6.42 Å². The number of rotatable bonds is 7. The second kappa shape index (κ2) is 7.29. The predicted octanol–water partition coefficient (Wildman–Crippen LogP) is 0.698. The van der Waals surface area contributed by atoms with Crippen LogP contribution in [-0.2, 0) is 9.59 Å². The number of methoxy groups -OCH3 is 1. The van der Waals surface area contributed by atoms with Crippen molar-refractivity contribution in [2.45, 2.75) is 6.42 Å². The van der Waals surface area contributed by atoms with Crippen molar-refractivity contribution in [1.82, 2.24) is 5.32 Å². The fourth-order valence-electron chi connectivity index (χ4n) is 1.36. The molecule has 6 heteroatoms. The van der Waals surface area contributed by atoms with Gasteiger partial charge in [0.2, 0.25) is 5.91 Å². The van der Waals surface area contributed by atoms with Gasteiger partial charge in [-0.15, -0.1) is 0 Å². The Balaban J connectivity index is 2.37. The van der Waals surface area contributed by atoms with Crippen molar-refractivity contribution < 1.29 is 19.4 Å². The Bertz CT molecular complexity index is 420. The summed E-state index contributed by atoms with van der Waals surface area (Å²) in [4.78, 5) is 21.8. The van der Waals surface area contributed by atoms with E-state index >= 15 is 0 Å². The minimum atomic E-state index is -0.944. The number of nitrogens with one attached hydrogen (secondary N) is 2. The van der Waals surface area contributed by atoms with Gasteiger partial charge in [0.15, 0.2) is 0 Å². The summed E-state index contributed by atoms with van der Waals surface area (Å²) in [7, 11) is 1.53. The molecule has 0 unspecified atom stereocenters. The summed E-state index contributed by atoms with van der Waals surface area (Å²) in [6.07, 6.45) is 0.200. The maximum Gasteiger partial charge on any atom is 0.317 e. The van der Waals surface area contributed by atoms with E-state index in [1.54, 1.807) is 18.2 Å². The number of amides is 1. The topological polar surface area (TPSA) is 87.7 Å². The van der Waals surface area contributed by atoms with Crippen molar-refractivity contribution in [1.29, 1.82) is 0 Å². The summed E-state index contributed by atoms with van der Waals surface area (Å²) in [5, 5.41) is 13.7. The molecule has 0 atom stereocenters. The van der Waals surface area contributed by atoms with Gasteiger partial charge >= 0.3 is 5.97 Å². The van der Waals surface area contributed by atoms with Crippen molar-refractivity contribution >= 4 is 17.6 Å². The molecule has 18 heavy (non-hydrogen) atoms. The average Bonchev–Trinajstić information content (AvgIpc) is 2.35. The summed E-state index contributed by atoms with van der Waals surface area (Å²) in [5.41, 5.74) is 0.600. The highest BCUT2D eigenvalue weighted by Crippen LogP contribution is 2.22. The molecule has 3 N–H and O–H groups in total. The molecule has 0 spiro atoms. The molecule has 0 fully saturated rings. The number of anilines is 1. The largest absolute Gasteiger partial charge is 0.495 e. The van der Waals surface area contributed by atoms with Crippen LogP contribution in [0.15, 0.2) is 24.3 Å². The van der Waals surface area contributed by atoms with Crippen LogP contribution < -0.4 is 15.4 Å². The highest BCUT2D eigenvalue weighted by Gasteiger charge is 2.06. The van der Waals surface area contributed by atoms with Crippen LogP contribution in [0.25, 0.3) is 0 Å². The van der Waals surface area contributed by atoms with E-state index in [-0.39, 0.29) is 18.9 Å². The Labute approximate surface area is 105 Å². The Kier molecular flexibility index (Phi) is 5.66. The lowest BCUT2D eigenvalue weighted by Gasteiger charge is -2.09. The van der Waals surface area contributed by atoms with E-state index in [9.17, 15) is 9.59 Å². The summed E-state index contributed by atoms with van der Waals surface area (Å²) in [6.45, 7) is 0.162. The quantitative estimate of drug-likeness (QED) is 0.622. The molecule has 1 amide bonds. The van der Waals surface area contributed by atoms with Gasteiger partial charge in [-0.25, -0.2) is 0 Å². The third kappa shape index (κ3) is 4.84. The van der Waals surface area contributed by atoms with Gasteiger partial charge in [0.25, 0.3) is 0 Å². The number of aliphatic carboxylic acids is 1. The standard InChI is InChI=1S/C12H16N2O4/c1-18-10-5-3-2-4-9(10)14-11(15)6-7-13-8-12(16)17/h2-5,13H,6-8H2,1H3,(H,14,15)(H,16,17). The first-order chi connectivity index (χ1) is 8.63. The molecular weight excluding hydrogens is 236 g/mol. The first-order valence-corrected chi connectivity index (χ1v) is 5.49. The highest BCUT2D eigenvalue weighted by atomic mass is 16.5. The molecule has 98 valence electrons. The molecular formula is C12H16N2O4. The molecule has 0 saturated heterocycles. The van der Waals surface area contributed by atoms with Crippen LogP contribution in [-0.4, -0.2) is 37.2 Å². The second-order valence-electron chi connectivity index (χ2n) is 3.57. The predicted molar refractivity (Wildman–Crippen MR) is 66.7 cm³/mol. The lowest BCUT2D eigenvalue weighted by Crippen LogP contribution is -2.26. The zero-order valence-corrected chi connectivity index (χ0v) is 10.1. The number of carboxylic acid groups (broad SMARTS) is 1. The van der Waals surface area contributed by atoms with E-state index in [0.717, 1.165) is 0 Å². The van der Waals surface area contributed by atoms with Gasteiger partial charge in [0.05, 0.1) is 19.3 Å². The zero-order valence-electron chi connectivity index (χ0n) is 10.1. The Morgan fingerprint density at radius 3 is 2.72 bits per heavy atom. The van der Waals surface area contributed by atoms with Crippen molar-refractivity contribution in [2.24, 2.45) is 0 Å². The summed E-state index contributed by atoms with van der Waals surface area (Å²) in [5.74, 6) is -0.554. The number of carbonyl (C=O) groups excluding carboxylic acids is 1. The molecule has 0 saturated carbocycles. The molecule has 0 aliphatic heterocycles. The van der Waals surface area contributed by atoms with E-state index in [2.05, 4.69) is 10.6 Å². The van der Waals surface area contributed by atoms with Gasteiger partial charge in [-0.1, -0.05) is 12.1 Å². The van der Waals surface area contributed by atoms with Gasteiger partial charge in [0, 0.05) is 13.0 Å². The minimum Gasteiger partial charge on any atom is -0.495 e. The Morgan fingerprint density at radius 2 is 2.06 bits per heavy atom. The van der Waals surface area contributed by atoms with Crippen LogP contribution in [0.4, 0.5) is 5.69 Å². The molecule has 0 radical (unpaired) electrons. The molecule has 6 nitrogen and oxygen atoms in total. The monoisotopic (exact) mass is 252 g/mol. The lowest BCUT2D eigenvalue weighted by molar-refractivity contribution is -0.136. The average molecular weight is 252 g/mol. The van der Waals surface area contributed by atoms with E-state index in [0.29, 0.717) is 18.0 Å². The first-order valence-electron chi connectivity index (χ1n) is 5.49. The molecule has 1 aromatic carbocycles. The fraction of sp³-hybridized carbons (Fsp3) is 0.333. The number of carboxylic acids is 1. The molecule has 0 bridgehead atoms. The summed E-state index contributed by atoms with van der Waals surface area (Å²) < 4.78 is 5.10. The highest BCUT2D eigenvalue weighted by molar-refractivity contribution is 5.92. The normalized spacial score (nSPS) is 9.83. The summed E-state index contributed by atoms with van der Waals surface area (Å²) >= 11 is 0.